The van der Waals surface area contributed by atoms with Gasteiger partial charge in [-0.3, -0.25) is 9.59 Å². The summed E-state index contributed by atoms with van der Waals surface area (Å²) >= 11 is 0. The summed E-state index contributed by atoms with van der Waals surface area (Å²) in [5.41, 5.74) is 0. The highest BCUT2D eigenvalue weighted by atomic mass is 19.4. The van der Waals surface area contributed by atoms with E-state index in [4.69, 9.17) is 0 Å². The van der Waals surface area contributed by atoms with Crippen molar-refractivity contribution in [2.45, 2.75) is 38.8 Å². The Bertz CT molecular complexity index is 226. The fourth-order valence-electron chi connectivity index (χ4n) is 0.846. The third kappa shape index (κ3) is 7.96. The van der Waals surface area contributed by atoms with E-state index in [-0.39, 0.29) is 0 Å². The molecule has 0 aromatic carbocycles. The molecule has 88 valence electrons. The molecule has 3 nitrogen and oxygen atoms in total. The molecule has 0 atom stereocenters. The zero-order chi connectivity index (χ0) is 11.9. The molecule has 0 saturated carbocycles. The SMILES string of the molecule is CCCCNC(=O)C(=O)CCC(F)(F)F. The second-order valence-corrected chi connectivity index (χ2v) is 3.15. The minimum absolute atomic E-state index is 0.326. The normalized spacial score (nSPS) is 11.2. The zero-order valence-corrected chi connectivity index (χ0v) is 8.49. The Morgan fingerprint density at radius 1 is 1.27 bits per heavy atom. The molecule has 0 aliphatic rings. The zero-order valence-electron chi connectivity index (χ0n) is 8.49. The number of carbonyl (C=O) groups is 2. The van der Waals surface area contributed by atoms with Gasteiger partial charge in [0.25, 0.3) is 5.91 Å². The van der Waals surface area contributed by atoms with Crippen molar-refractivity contribution in [2.24, 2.45) is 0 Å². The molecular formula is C9H14F3NO2. The monoisotopic (exact) mass is 225 g/mol. The molecule has 0 bridgehead atoms. The second kappa shape index (κ2) is 6.42. The molecule has 0 spiro atoms. The number of carbonyl (C=O) groups excluding carboxylic acids is 2. The van der Waals surface area contributed by atoms with Gasteiger partial charge in [-0.15, -0.1) is 0 Å². The van der Waals surface area contributed by atoms with Crippen LogP contribution >= 0.6 is 0 Å². The van der Waals surface area contributed by atoms with E-state index in [1.807, 2.05) is 6.92 Å². The molecule has 0 unspecified atom stereocenters. The summed E-state index contributed by atoms with van der Waals surface area (Å²) in [6.45, 7) is 2.23. The van der Waals surface area contributed by atoms with E-state index < -0.39 is 30.7 Å². The summed E-state index contributed by atoms with van der Waals surface area (Å²) in [6, 6.07) is 0. The van der Waals surface area contributed by atoms with Crippen molar-refractivity contribution in [3.05, 3.63) is 0 Å². The number of unbranched alkanes of at least 4 members (excludes halogenated alkanes) is 1. The van der Waals surface area contributed by atoms with Crippen LogP contribution in [-0.4, -0.2) is 24.4 Å². The Morgan fingerprint density at radius 3 is 2.33 bits per heavy atom. The van der Waals surface area contributed by atoms with Crippen LogP contribution in [0.3, 0.4) is 0 Å². The molecule has 0 fully saturated rings. The largest absolute Gasteiger partial charge is 0.389 e. The van der Waals surface area contributed by atoms with Crippen LogP contribution in [0.2, 0.25) is 0 Å². The molecule has 0 radical (unpaired) electrons. The number of alkyl halides is 3. The number of amides is 1. The Labute approximate surface area is 86.0 Å². The van der Waals surface area contributed by atoms with Crippen molar-refractivity contribution in [1.82, 2.24) is 5.32 Å². The van der Waals surface area contributed by atoms with Crippen LogP contribution < -0.4 is 5.32 Å². The molecule has 0 aliphatic heterocycles. The highest BCUT2D eigenvalue weighted by molar-refractivity contribution is 6.36. The first-order valence-corrected chi connectivity index (χ1v) is 4.74. The first-order chi connectivity index (χ1) is 6.87. The van der Waals surface area contributed by atoms with Crippen molar-refractivity contribution in [3.8, 4) is 0 Å². The topological polar surface area (TPSA) is 46.2 Å². The average Bonchev–Trinajstić information content (AvgIpc) is 2.13. The highest BCUT2D eigenvalue weighted by Gasteiger charge is 2.29. The Hall–Kier alpha value is -1.07. The molecule has 15 heavy (non-hydrogen) atoms. The van der Waals surface area contributed by atoms with E-state index in [1.165, 1.54) is 0 Å². The number of ketones is 1. The lowest BCUT2D eigenvalue weighted by Crippen LogP contribution is -2.32. The first kappa shape index (κ1) is 13.9. The maximum absolute atomic E-state index is 11.7. The molecular weight excluding hydrogens is 211 g/mol. The molecule has 6 heteroatoms. The molecule has 1 amide bonds. The molecule has 1 N–H and O–H groups in total. The van der Waals surface area contributed by atoms with Crippen molar-refractivity contribution in [1.29, 1.82) is 0 Å². The van der Waals surface area contributed by atoms with Gasteiger partial charge in [0.2, 0.25) is 5.78 Å². The smallest absolute Gasteiger partial charge is 0.350 e. The fourth-order valence-corrected chi connectivity index (χ4v) is 0.846. The lowest BCUT2D eigenvalue weighted by atomic mass is 10.2. The molecule has 0 heterocycles. The van der Waals surface area contributed by atoms with Crippen LogP contribution in [0.5, 0.6) is 0 Å². The summed E-state index contributed by atoms with van der Waals surface area (Å²) in [5, 5.41) is 2.26. The van der Waals surface area contributed by atoms with E-state index in [1.54, 1.807) is 0 Å². The lowest BCUT2D eigenvalue weighted by molar-refractivity contribution is -0.148. The summed E-state index contributed by atoms with van der Waals surface area (Å²) < 4.78 is 35.1. The van der Waals surface area contributed by atoms with E-state index in [2.05, 4.69) is 5.32 Å². The van der Waals surface area contributed by atoms with E-state index >= 15 is 0 Å². The highest BCUT2D eigenvalue weighted by Crippen LogP contribution is 2.21. The summed E-state index contributed by atoms with van der Waals surface area (Å²) in [6.07, 6.45) is -4.86. The molecule has 0 aromatic heterocycles. The molecule has 0 aromatic rings. The number of rotatable bonds is 6. The van der Waals surface area contributed by atoms with Gasteiger partial charge < -0.3 is 5.32 Å². The maximum atomic E-state index is 11.7. The quantitative estimate of drug-likeness (QED) is 0.553. The number of halogens is 3. The number of hydrogen-bond donors (Lipinski definition) is 1. The summed E-state index contributed by atoms with van der Waals surface area (Å²) in [4.78, 5) is 21.8. The second-order valence-electron chi connectivity index (χ2n) is 3.15. The fraction of sp³-hybridized carbons (Fsp3) is 0.778. The van der Waals surface area contributed by atoms with Gasteiger partial charge in [0.15, 0.2) is 0 Å². The maximum Gasteiger partial charge on any atom is 0.389 e. The first-order valence-electron chi connectivity index (χ1n) is 4.74. The molecule has 0 saturated heterocycles. The van der Waals surface area contributed by atoms with Gasteiger partial charge in [0, 0.05) is 13.0 Å². The van der Waals surface area contributed by atoms with Crippen LogP contribution in [0.15, 0.2) is 0 Å². The predicted octanol–water partition coefficient (Wildman–Crippen LogP) is 1.81. The molecule has 0 aliphatic carbocycles. The van der Waals surface area contributed by atoms with E-state index in [9.17, 15) is 22.8 Å². The van der Waals surface area contributed by atoms with Gasteiger partial charge in [-0.05, 0) is 6.42 Å². The van der Waals surface area contributed by atoms with Gasteiger partial charge in [-0.25, -0.2) is 0 Å². The van der Waals surface area contributed by atoms with Crippen LogP contribution in [0.25, 0.3) is 0 Å². The van der Waals surface area contributed by atoms with Crippen molar-refractivity contribution in [2.75, 3.05) is 6.54 Å². The third-order valence-electron chi connectivity index (χ3n) is 1.70. The van der Waals surface area contributed by atoms with Gasteiger partial charge in [0.05, 0.1) is 6.42 Å². The minimum atomic E-state index is -4.39. The van der Waals surface area contributed by atoms with E-state index in [0.29, 0.717) is 13.0 Å². The number of Topliss-reactive ketones (excluding diaryl/α,β-unsaturated/α-hetero) is 1. The average molecular weight is 225 g/mol. The van der Waals surface area contributed by atoms with E-state index in [0.717, 1.165) is 6.42 Å². The lowest BCUT2D eigenvalue weighted by Gasteiger charge is -2.05. The van der Waals surface area contributed by atoms with Crippen LogP contribution in [-0.2, 0) is 9.59 Å². The van der Waals surface area contributed by atoms with Crippen molar-refractivity contribution in [3.63, 3.8) is 0 Å². The Morgan fingerprint density at radius 2 is 1.87 bits per heavy atom. The predicted molar refractivity (Wildman–Crippen MR) is 48.2 cm³/mol. The number of hydrogen-bond acceptors (Lipinski definition) is 2. The van der Waals surface area contributed by atoms with Crippen LogP contribution in [0.1, 0.15) is 32.6 Å². The molecule has 0 rings (SSSR count). The van der Waals surface area contributed by atoms with Crippen molar-refractivity contribution >= 4 is 11.7 Å². The Balaban J connectivity index is 3.75. The van der Waals surface area contributed by atoms with Crippen LogP contribution in [0, 0.1) is 0 Å². The van der Waals surface area contributed by atoms with Crippen molar-refractivity contribution < 1.29 is 22.8 Å². The minimum Gasteiger partial charge on any atom is -0.350 e. The standard InChI is InChI=1S/C9H14F3NO2/c1-2-3-6-13-8(15)7(14)4-5-9(10,11)12/h2-6H2,1H3,(H,13,15). The van der Waals surface area contributed by atoms with Gasteiger partial charge >= 0.3 is 6.18 Å². The van der Waals surface area contributed by atoms with Crippen LogP contribution in [0.4, 0.5) is 13.2 Å². The van der Waals surface area contributed by atoms with Gasteiger partial charge in [-0.1, -0.05) is 13.3 Å². The summed E-state index contributed by atoms with van der Waals surface area (Å²) in [5.74, 6) is -1.93. The van der Waals surface area contributed by atoms with Gasteiger partial charge in [0.1, 0.15) is 0 Å². The summed E-state index contributed by atoms with van der Waals surface area (Å²) in [7, 11) is 0. The Kier molecular flexibility index (Phi) is 5.96. The third-order valence-corrected chi connectivity index (χ3v) is 1.70. The number of nitrogens with one attached hydrogen (secondary N) is 1. The van der Waals surface area contributed by atoms with Gasteiger partial charge in [-0.2, -0.15) is 13.2 Å².